The summed E-state index contributed by atoms with van der Waals surface area (Å²) >= 11 is 0. The van der Waals surface area contributed by atoms with Gasteiger partial charge in [-0.3, -0.25) is 9.78 Å². The van der Waals surface area contributed by atoms with E-state index in [-0.39, 0.29) is 17.3 Å². The van der Waals surface area contributed by atoms with Crippen LogP contribution in [-0.2, 0) is 6.54 Å². The Hall–Kier alpha value is -2.56. The van der Waals surface area contributed by atoms with Crippen LogP contribution in [-0.4, -0.2) is 27.9 Å². The van der Waals surface area contributed by atoms with Gasteiger partial charge in [-0.25, -0.2) is 0 Å². The standard InChI is InChI=1S/C15H17N3O2/c1-10-4-3-5-12(17-10)9-18(2)15(20)11-6-7-13(16)14(19)8-11/h3-8,19H,9,16H2,1-2H3. The molecule has 0 atom stereocenters. The number of benzene rings is 1. The highest BCUT2D eigenvalue weighted by atomic mass is 16.3. The molecule has 0 aliphatic carbocycles. The first-order chi connectivity index (χ1) is 9.47. The Kier molecular flexibility index (Phi) is 3.89. The van der Waals surface area contributed by atoms with Crippen LogP contribution in [0.4, 0.5) is 5.69 Å². The normalized spacial score (nSPS) is 10.3. The van der Waals surface area contributed by atoms with Crippen molar-refractivity contribution in [2.75, 3.05) is 12.8 Å². The Morgan fingerprint density at radius 3 is 2.75 bits per heavy atom. The van der Waals surface area contributed by atoms with Crippen LogP contribution in [0.3, 0.4) is 0 Å². The van der Waals surface area contributed by atoms with E-state index >= 15 is 0 Å². The van der Waals surface area contributed by atoms with E-state index in [4.69, 9.17) is 5.73 Å². The molecular weight excluding hydrogens is 254 g/mol. The predicted molar refractivity (Wildman–Crippen MR) is 77.3 cm³/mol. The first kappa shape index (κ1) is 13.9. The Morgan fingerprint density at radius 2 is 2.10 bits per heavy atom. The van der Waals surface area contributed by atoms with E-state index in [0.717, 1.165) is 11.4 Å². The van der Waals surface area contributed by atoms with E-state index in [1.54, 1.807) is 18.0 Å². The maximum atomic E-state index is 12.2. The Morgan fingerprint density at radius 1 is 1.35 bits per heavy atom. The molecule has 2 aromatic rings. The summed E-state index contributed by atoms with van der Waals surface area (Å²) in [6, 6.07) is 10.2. The second-order valence-corrected chi connectivity index (χ2v) is 4.71. The Balaban J connectivity index is 2.14. The van der Waals surface area contributed by atoms with Crippen LogP contribution in [0.1, 0.15) is 21.7 Å². The second-order valence-electron chi connectivity index (χ2n) is 4.71. The molecule has 1 aromatic carbocycles. The molecule has 1 aromatic heterocycles. The number of nitrogen functional groups attached to an aromatic ring is 1. The third kappa shape index (κ3) is 3.06. The zero-order valence-electron chi connectivity index (χ0n) is 11.5. The van der Waals surface area contributed by atoms with Crippen molar-refractivity contribution in [1.82, 2.24) is 9.88 Å². The number of nitrogens with two attached hydrogens (primary N) is 1. The van der Waals surface area contributed by atoms with Gasteiger partial charge in [0, 0.05) is 18.3 Å². The van der Waals surface area contributed by atoms with E-state index in [2.05, 4.69) is 4.98 Å². The minimum Gasteiger partial charge on any atom is -0.506 e. The smallest absolute Gasteiger partial charge is 0.254 e. The van der Waals surface area contributed by atoms with Gasteiger partial charge in [-0.2, -0.15) is 0 Å². The lowest BCUT2D eigenvalue weighted by Crippen LogP contribution is -2.26. The number of hydrogen-bond donors (Lipinski definition) is 2. The number of carbonyl (C=O) groups excluding carboxylic acids is 1. The van der Waals surface area contributed by atoms with Crippen LogP contribution in [0.25, 0.3) is 0 Å². The van der Waals surface area contributed by atoms with E-state index in [1.807, 2.05) is 25.1 Å². The molecule has 2 rings (SSSR count). The van der Waals surface area contributed by atoms with Crippen molar-refractivity contribution < 1.29 is 9.90 Å². The van der Waals surface area contributed by atoms with Crippen molar-refractivity contribution in [1.29, 1.82) is 0 Å². The maximum absolute atomic E-state index is 12.2. The number of anilines is 1. The molecule has 1 amide bonds. The van der Waals surface area contributed by atoms with Gasteiger partial charge in [0.2, 0.25) is 0 Å². The fourth-order valence-corrected chi connectivity index (χ4v) is 1.90. The van der Waals surface area contributed by atoms with Crippen LogP contribution >= 0.6 is 0 Å². The van der Waals surface area contributed by atoms with Crippen LogP contribution in [0.2, 0.25) is 0 Å². The van der Waals surface area contributed by atoms with Crippen molar-refractivity contribution in [3.05, 3.63) is 53.3 Å². The number of rotatable bonds is 3. The van der Waals surface area contributed by atoms with Crippen molar-refractivity contribution in [2.45, 2.75) is 13.5 Å². The summed E-state index contributed by atoms with van der Waals surface area (Å²) in [6.45, 7) is 2.31. The monoisotopic (exact) mass is 271 g/mol. The number of amides is 1. The average Bonchev–Trinajstić information content (AvgIpc) is 2.41. The topological polar surface area (TPSA) is 79.5 Å². The molecule has 3 N–H and O–H groups in total. The van der Waals surface area contributed by atoms with Gasteiger partial charge in [0.1, 0.15) is 5.75 Å². The van der Waals surface area contributed by atoms with Crippen LogP contribution < -0.4 is 5.73 Å². The molecule has 5 heteroatoms. The molecule has 0 radical (unpaired) electrons. The quantitative estimate of drug-likeness (QED) is 0.660. The summed E-state index contributed by atoms with van der Waals surface area (Å²) in [5.74, 6) is -0.276. The lowest BCUT2D eigenvalue weighted by Gasteiger charge is -2.17. The summed E-state index contributed by atoms with van der Waals surface area (Å²) in [7, 11) is 1.69. The van der Waals surface area contributed by atoms with Crippen LogP contribution in [0, 0.1) is 6.92 Å². The number of pyridine rings is 1. The summed E-state index contributed by atoms with van der Waals surface area (Å²) in [4.78, 5) is 18.1. The van der Waals surface area contributed by atoms with Crippen molar-refractivity contribution in [3.63, 3.8) is 0 Å². The molecule has 0 saturated heterocycles. The van der Waals surface area contributed by atoms with Gasteiger partial charge in [-0.05, 0) is 37.3 Å². The fraction of sp³-hybridized carbons (Fsp3) is 0.200. The molecule has 0 spiro atoms. The van der Waals surface area contributed by atoms with Crippen molar-refractivity contribution in [3.8, 4) is 5.75 Å². The molecule has 1 heterocycles. The van der Waals surface area contributed by atoms with E-state index < -0.39 is 0 Å². The minimum absolute atomic E-state index is 0.0852. The van der Waals surface area contributed by atoms with Gasteiger partial charge in [0.25, 0.3) is 5.91 Å². The molecule has 0 unspecified atom stereocenters. The lowest BCUT2D eigenvalue weighted by molar-refractivity contribution is 0.0783. The second kappa shape index (κ2) is 5.61. The average molecular weight is 271 g/mol. The summed E-state index contributed by atoms with van der Waals surface area (Å²) in [6.07, 6.45) is 0. The van der Waals surface area contributed by atoms with Gasteiger partial charge in [0.05, 0.1) is 17.9 Å². The van der Waals surface area contributed by atoms with E-state index in [1.165, 1.54) is 12.1 Å². The first-order valence-electron chi connectivity index (χ1n) is 6.24. The third-order valence-electron chi connectivity index (χ3n) is 2.97. The zero-order valence-corrected chi connectivity index (χ0v) is 11.5. The number of phenolic OH excluding ortho intramolecular Hbond substituents is 1. The van der Waals surface area contributed by atoms with Crippen molar-refractivity contribution in [2.24, 2.45) is 0 Å². The van der Waals surface area contributed by atoms with Gasteiger partial charge in [-0.1, -0.05) is 6.07 Å². The molecule has 5 nitrogen and oxygen atoms in total. The molecular formula is C15H17N3O2. The highest BCUT2D eigenvalue weighted by Gasteiger charge is 2.14. The number of carbonyl (C=O) groups is 1. The van der Waals surface area contributed by atoms with Crippen molar-refractivity contribution >= 4 is 11.6 Å². The third-order valence-corrected chi connectivity index (χ3v) is 2.97. The zero-order chi connectivity index (χ0) is 14.7. The highest BCUT2D eigenvalue weighted by Crippen LogP contribution is 2.21. The van der Waals surface area contributed by atoms with Gasteiger partial charge in [-0.15, -0.1) is 0 Å². The van der Waals surface area contributed by atoms with E-state index in [9.17, 15) is 9.90 Å². The van der Waals surface area contributed by atoms with Gasteiger partial charge < -0.3 is 15.7 Å². The predicted octanol–water partition coefficient (Wildman–Crippen LogP) is 1.95. The number of aromatic nitrogens is 1. The summed E-state index contributed by atoms with van der Waals surface area (Å²) < 4.78 is 0. The fourth-order valence-electron chi connectivity index (χ4n) is 1.90. The Labute approximate surface area is 117 Å². The number of hydrogen-bond acceptors (Lipinski definition) is 4. The SMILES string of the molecule is Cc1cccc(CN(C)C(=O)c2ccc(N)c(O)c2)n1. The minimum atomic E-state index is -0.191. The Bertz CT molecular complexity index is 641. The van der Waals surface area contributed by atoms with Crippen LogP contribution in [0.15, 0.2) is 36.4 Å². The van der Waals surface area contributed by atoms with Gasteiger partial charge >= 0.3 is 0 Å². The first-order valence-corrected chi connectivity index (χ1v) is 6.24. The van der Waals surface area contributed by atoms with Gasteiger partial charge in [0.15, 0.2) is 0 Å². The highest BCUT2D eigenvalue weighted by molar-refractivity contribution is 5.95. The van der Waals surface area contributed by atoms with Crippen LogP contribution in [0.5, 0.6) is 5.75 Å². The summed E-state index contributed by atoms with van der Waals surface area (Å²) in [5.41, 5.74) is 7.90. The molecule has 0 aliphatic rings. The molecule has 0 aliphatic heterocycles. The molecule has 0 bridgehead atoms. The molecule has 20 heavy (non-hydrogen) atoms. The lowest BCUT2D eigenvalue weighted by atomic mass is 10.1. The maximum Gasteiger partial charge on any atom is 0.254 e. The molecule has 104 valence electrons. The molecule has 0 saturated carbocycles. The number of aromatic hydroxyl groups is 1. The number of aryl methyl sites for hydroxylation is 1. The number of nitrogens with zero attached hydrogens (tertiary/aromatic N) is 2. The largest absolute Gasteiger partial charge is 0.506 e. The number of phenols is 1. The summed E-state index contributed by atoms with van der Waals surface area (Å²) in [5, 5.41) is 9.55. The van der Waals surface area contributed by atoms with E-state index in [0.29, 0.717) is 12.1 Å². The molecule has 0 fully saturated rings.